The maximum Gasteiger partial charge on any atom is 0.223 e. The molecule has 0 spiro atoms. The summed E-state index contributed by atoms with van der Waals surface area (Å²) in [6.45, 7) is 2.39. The van der Waals surface area contributed by atoms with Gasteiger partial charge in [-0.25, -0.2) is 0 Å². The summed E-state index contributed by atoms with van der Waals surface area (Å²) >= 11 is 0. The molecular formula is C11H17NO. The highest BCUT2D eigenvalue weighted by Crippen LogP contribution is 2.48. The average molecular weight is 179 g/mol. The molecule has 2 aliphatic carbocycles. The third-order valence-electron chi connectivity index (χ3n) is 4.55. The molecule has 0 aromatic carbocycles. The topological polar surface area (TPSA) is 29.1 Å². The standard InChI is InChI=1S/C11H17NO/c1-6-7-2-9-3-8(6)5-10(4-7)12-11(9)13/h6-10H,2-5H2,1H3,(H,12,13). The number of hydrogen-bond acceptors (Lipinski definition) is 1. The molecule has 2 atom stereocenters. The number of fused-ring (bicyclic) bond motifs is 1. The van der Waals surface area contributed by atoms with E-state index in [0.29, 0.717) is 17.9 Å². The Morgan fingerprint density at radius 2 is 1.77 bits per heavy atom. The van der Waals surface area contributed by atoms with E-state index >= 15 is 0 Å². The molecule has 4 bridgehead atoms. The molecule has 2 heterocycles. The normalized spacial score (nSPS) is 53.3. The van der Waals surface area contributed by atoms with Gasteiger partial charge in [0.05, 0.1) is 0 Å². The van der Waals surface area contributed by atoms with E-state index in [1.54, 1.807) is 0 Å². The molecule has 2 unspecified atom stereocenters. The molecule has 4 aliphatic rings. The van der Waals surface area contributed by atoms with Crippen molar-refractivity contribution in [3.8, 4) is 0 Å². The van der Waals surface area contributed by atoms with Gasteiger partial charge < -0.3 is 5.32 Å². The van der Waals surface area contributed by atoms with Crippen molar-refractivity contribution in [3.05, 3.63) is 0 Å². The zero-order valence-corrected chi connectivity index (χ0v) is 8.12. The molecule has 0 aromatic rings. The van der Waals surface area contributed by atoms with E-state index in [4.69, 9.17) is 0 Å². The third kappa shape index (κ3) is 1.04. The van der Waals surface area contributed by atoms with Crippen LogP contribution in [-0.4, -0.2) is 11.9 Å². The summed E-state index contributed by atoms with van der Waals surface area (Å²) in [4.78, 5) is 11.7. The summed E-state index contributed by atoms with van der Waals surface area (Å²) in [6, 6.07) is 0.520. The highest BCUT2D eigenvalue weighted by Gasteiger charge is 2.46. The van der Waals surface area contributed by atoms with Crippen molar-refractivity contribution >= 4 is 5.91 Å². The monoisotopic (exact) mass is 179 g/mol. The number of rotatable bonds is 0. The van der Waals surface area contributed by atoms with Crippen LogP contribution >= 0.6 is 0 Å². The molecule has 2 saturated heterocycles. The summed E-state index contributed by atoms with van der Waals surface area (Å²) in [7, 11) is 0. The Kier molecular flexibility index (Phi) is 1.50. The van der Waals surface area contributed by atoms with Crippen LogP contribution in [-0.2, 0) is 4.79 Å². The highest BCUT2D eigenvalue weighted by atomic mass is 16.2. The lowest BCUT2D eigenvalue weighted by molar-refractivity contribution is -0.125. The Morgan fingerprint density at radius 3 is 2.38 bits per heavy atom. The number of carbonyl (C=O) groups excluding carboxylic acids is 1. The van der Waals surface area contributed by atoms with Crippen molar-refractivity contribution in [2.45, 2.75) is 38.6 Å². The molecule has 1 amide bonds. The zero-order valence-electron chi connectivity index (χ0n) is 8.12. The van der Waals surface area contributed by atoms with Gasteiger partial charge in [0.1, 0.15) is 0 Å². The van der Waals surface area contributed by atoms with Crippen LogP contribution in [0.3, 0.4) is 0 Å². The van der Waals surface area contributed by atoms with Gasteiger partial charge in [-0.15, -0.1) is 0 Å². The number of carbonyl (C=O) groups is 1. The fraction of sp³-hybridized carbons (Fsp3) is 0.909. The van der Waals surface area contributed by atoms with Crippen LogP contribution in [0.1, 0.15) is 32.6 Å². The van der Waals surface area contributed by atoms with Crippen molar-refractivity contribution in [1.29, 1.82) is 0 Å². The second-order valence-electron chi connectivity index (χ2n) is 5.22. The van der Waals surface area contributed by atoms with Gasteiger partial charge >= 0.3 is 0 Å². The molecule has 0 aromatic heterocycles. The van der Waals surface area contributed by atoms with E-state index in [2.05, 4.69) is 12.2 Å². The van der Waals surface area contributed by atoms with E-state index in [1.807, 2.05) is 0 Å². The first-order valence-electron chi connectivity index (χ1n) is 5.54. The Hall–Kier alpha value is -0.530. The lowest BCUT2D eigenvalue weighted by atomic mass is 9.62. The van der Waals surface area contributed by atoms with E-state index in [1.165, 1.54) is 25.7 Å². The maximum atomic E-state index is 11.7. The summed E-state index contributed by atoms with van der Waals surface area (Å²) < 4.78 is 0. The molecule has 2 heteroatoms. The Bertz CT molecular complexity index is 234. The van der Waals surface area contributed by atoms with Crippen molar-refractivity contribution in [2.75, 3.05) is 0 Å². The fourth-order valence-electron chi connectivity index (χ4n) is 3.74. The molecule has 72 valence electrons. The van der Waals surface area contributed by atoms with Crippen LogP contribution in [0.15, 0.2) is 0 Å². The number of nitrogens with one attached hydrogen (secondary N) is 1. The lowest BCUT2D eigenvalue weighted by Crippen LogP contribution is -2.39. The SMILES string of the molecule is CC1C2CC3CC1CC(C2)C(=O)N3. The van der Waals surface area contributed by atoms with Gasteiger partial charge in [-0.05, 0) is 43.4 Å². The molecule has 2 nitrogen and oxygen atoms in total. The molecule has 2 saturated carbocycles. The van der Waals surface area contributed by atoms with Gasteiger partial charge in [-0.3, -0.25) is 4.79 Å². The molecule has 1 N–H and O–H groups in total. The smallest absolute Gasteiger partial charge is 0.223 e. The second-order valence-corrected chi connectivity index (χ2v) is 5.22. The molecule has 2 aliphatic heterocycles. The highest BCUT2D eigenvalue weighted by molar-refractivity contribution is 5.79. The average Bonchev–Trinajstić information content (AvgIpc) is 2.25. The first-order chi connectivity index (χ1) is 6.24. The van der Waals surface area contributed by atoms with Crippen LogP contribution < -0.4 is 5.32 Å². The summed E-state index contributed by atoms with van der Waals surface area (Å²) in [6.07, 6.45) is 4.83. The molecule has 4 fully saturated rings. The van der Waals surface area contributed by atoms with Crippen molar-refractivity contribution in [2.24, 2.45) is 23.7 Å². The summed E-state index contributed by atoms with van der Waals surface area (Å²) in [5, 5.41) is 3.18. The van der Waals surface area contributed by atoms with E-state index in [9.17, 15) is 4.79 Å². The van der Waals surface area contributed by atoms with Crippen molar-refractivity contribution < 1.29 is 4.79 Å². The van der Waals surface area contributed by atoms with Crippen molar-refractivity contribution in [3.63, 3.8) is 0 Å². The molecule has 0 radical (unpaired) electrons. The Morgan fingerprint density at radius 1 is 1.15 bits per heavy atom. The largest absolute Gasteiger partial charge is 0.353 e. The third-order valence-corrected chi connectivity index (χ3v) is 4.55. The summed E-state index contributed by atoms with van der Waals surface area (Å²) in [5.41, 5.74) is 0. The van der Waals surface area contributed by atoms with Crippen LogP contribution in [0.5, 0.6) is 0 Å². The minimum Gasteiger partial charge on any atom is -0.353 e. The van der Waals surface area contributed by atoms with E-state index in [-0.39, 0.29) is 0 Å². The van der Waals surface area contributed by atoms with Crippen LogP contribution in [0.4, 0.5) is 0 Å². The first kappa shape index (κ1) is 7.84. The minimum absolute atomic E-state index is 0.349. The van der Waals surface area contributed by atoms with Gasteiger partial charge in [0.2, 0.25) is 5.91 Å². The quantitative estimate of drug-likeness (QED) is 0.600. The van der Waals surface area contributed by atoms with Gasteiger partial charge in [-0.2, -0.15) is 0 Å². The predicted octanol–water partition coefficient (Wildman–Crippen LogP) is 1.56. The van der Waals surface area contributed by atoms with E-state index in [0.717, 1.165) is 17.8 Å². The van der Waals surface area contributed by atoms with Gasteiger partial charge in [0.25, 0.3) is 0 Å². The van der Waals surface area contributed by atoms with Crippen molar-refractivity contribution in [1.82, 2.24) is 5.32 Å². The van der Waals surface area contributed by atoms with Gasteiger partial charge in [0.15, 0.2) is 0 Å². The van der Waals surface area contributed by atoms with Crippen LogP contribution in [0.25, 0.3) is 0 Å². The van der Waals surface area contributed by atoms with Crippen LogP contribution in [0.2, 0.25) is 0 Å². The Labute approximate surface area is 79.1 Å². The maximum absolute atomic E-state index is 11.7. The lowest BCUT2D eigenvalue weighted by Gasteiger charge is -2.42. The minimum atomic E-state index is 0.349. The summed E-state index contributed by atoms with van der Waals surface area (Å²) in [5.74, 6) is 3.25. The molecular weight excluding hydrogens is 162 g/mol. The second kappa shape index (κ2) is 2.49. The first-order valence-corrected chi connectivity index (χ1v) is 5.54. The number of amides is 1. The van der Waals surface area contributed by atoms with Gasteiger partial charge in [0, 0.05) is 12.0 Å². The molecule has 4 rings (SSSR count). The number of hydrogen-bond donors (Lipinski definition) is 1. The van der Waals surface area contributed by atoms with Crippen LogP contribution in [0, 0.1) is 23.7 Å². The fourth-order valence-corrected chi connectivity index (χ4v) is 3.74. The predicted molar refractivity (Wildman–Crippen MR) is 50.0 cm³/mol. The zero-order chi connectivity index (χ0) is 9.00. The van der Waals surface area contributed by atoms with E-state index < -0.39 is 0 Å². The Balaban J connectivity index is 1.96. The van der Waals surface area contributed by atoms with Gasteiger partial charge in [-0.1, -0.05) is 6.92 Å². The molecule has 13 heavy (non-hydrogen) atoms.